The number of benzene rings is 1. The van der Waals surface area contributed by atoms with Gasteiger partial charge in [0.05, 0.1) is 17.0 Å². The van der Waals surface area contributed by atoms with Gasteiger partial charge in [-0.1, -0.05) is 11.6 Å². The summed E-state index contributed by atoms with van der Waals surface area (Å²) in [5.41, 5.74) is 0.636. The minimum Gasteiger partial charge on any atom is -0.384 e. The molecular weight excluding hydrogens is 241 g/mol. The molecule has 0 amide bonds. The van der Waals surface area contributed by atoms with Crippen molar-refractivity contribution in [3.63, 3.8) is 0 Å². The maximum Gasteiger partial charge on any atom is 0.125 e. The Bertz CT molecular complexity index is 471. The first-order valence-corrected chi connectivity index (χ1v) is 5.78. The van der Waals surface area contributed by atoms with Crippen molar-refractivity contribution in [3.05, 3.63) is 47.8 Å². The van der Waals surface area contributed by atoms with Crippen LogP contribution < -0.4 is 5.32 Å². The van der Waals surface area contributed by atoms with Crippen molar-refractivity contribution in [2.24, 2.45) is 0 Å². The molecule has 0 aliphatic carbocycles. The number of nitrogens with zero attached hydrogens (tertiary/aromatic N) is 2. The van der Waals surface area contributed by atoms with Crippen LogP contribution in [0, 0.1) is 5.82 Å². The van der Waals surface area contributed by atoms with E-state index in [-0.39, 0.29) is 5.82 Å². The Morgan fingerprint density at radius 3 is 3.06 bits per heavy atom. The fraction of sp³-hybridized carbons (Fsp3) is 0.250. The average Bonchev–Trinajstić information content (AvgIpc) is 2.82. The second-order valence-corrected chi connectivity index (χ2v) is 4.11. The summed E-state index contributed by atoms with van der Waals surface area (Å²) in [6, 6.07) is 4.30. The van der Waals surface area contributed by atoms with Crippen LogP contribution in [0.4, 0.5) is 10.1 Å². The number of hydrogen-bond donors (Lipinski definition) is 1. The second-order valence-electron chi connectivity index (χ2n) is 3.71. The third-order valence-electron chi connectivity index (χ3n) is 2.40. The summed E-state index contributed by atoms with van der Waals surface area (Å²) >= 11 is 5.93. The summed E-state index contributed by atoms with van der Waals surface area (Å²) in [6.45, 7) is 1.61. The Hall–Kier alpha value is -1.55. The van der Waals surface area contributed by atoms with Gasteiger partial charge in [0.1, 0.15) is 5.82 Å². The van der Waals surface area contributed by atoms with E-state index in [1.54, 1.807) is 18.6 Å². The minimum atomic E-state index is -0.286. The number of anilines is 1. The van der Waals surface area contributed by atoms with Crippen LogP contribution in [0.25, 0.3) is 0 Å². The topological polar surface area (TPSA) is 29.9 Å². The molecule has 3 nitrogen and oxygen atoms in total. The van der Waals surface area contributed by atoms with Crippen LogP contribution in [0.1, 0.15) is 6.42 Å². The predicted molar refractivity (Wildman–Crippen MR) is 66.7 cm³/mol. The van der Waals surface area contributed by atoms with Gasteiger partial charge in [0.2, 0.25) is 0 Å². The largest absolute Gasteiger partial charge is 0.384 e. The average molecular weight is 254 g/mol. The second kappa shape index (κ2) is 5.68. The van der Waals surface area contributed by atoms with E-state index in [0.29, 0.717) is 10.7 Å². The number of halogens is 2. The molecule has 17 heavy (non-hydrogen) atoms. The highest BCUT2D eigenvalue weighted by atomic mass is 35.5. The van der Waals surface area contributed by atoms with Crippen LogP contribution in [0.2, 0.25) is 5.02 Å². The van der Waals surface area contributed by atoms with Gasteiger partial charge in [0.25, 0.3) is 0 Å². The van der Waals surface area contributed by atoms with Crippen molar-refractivity contribution in [2.75, 3.05) is 11.9 Å². The molecule has 2 aromatic rings. The number of imidazole rings is 1. The molecule has 2 rings (SSSR count). The molecule has 0 fully saturated rings. The van der Waals surface area contributed by atoms with E-state index in [4.69, 9.17) is 11.6 Å². The molecule has 90 valence electrons. The molecule has 0 radical (unpaired) electrons. The number of aryl methyl sites for hydroxylation is 1. The molecule has 1 heterocycles. The summed E-state index contributed by atoms with van der Waals surface area (Å²) < 4.78 is 15.0. The highest BCUT2D eigenvalue weighted by molar-refractivity contribution is 6.33. The molecular formula is C12H13ClFN3. The van der Waals surface area contributed by atoms with E-state index in [1.165, 1.54) is 12.1 Å². The Morgan fingerprint density at radius 2 is 2.29 bits per heavy atom. The first-order chi connectivity index (χ1) is 8.25. The molecule has 1 aromatic heterocycles. The molecule has 0 aliphatic heterocycles. The normalized spacial score (nSPS) is 10.5. The zero-order valence-corrected chi connectivity index (χ0v) is 9.99. The van der Waals surface area contributed by atoms with Gasteiger partial charge in [-0.25, -0.2) is 9.37 Å². The molecule has 0 unspecified atom stereocenters. The molecule has 1 aromatic carbocycles. The smallest absolute Gasteiger partial charge is 0.125 e. The maximum atomic E-state index is 13.0. The summed E-state index contributed by atoms with van der Waals surface area (Å²) in [7, 11) is 0. The highest BCUT2D eigenvalue weighted by Gasteiger charge is 2.00. The maximum absolute atomic E-state index is 13.0. The zero-order chi connectivity index (χ0) is 12.1. The van der Waals surface area contributed by atoms with Crippen molar-refractivity contribution >= 4 is 17.3 Å². The summed E-state index contributed by atoms with van der Waals surface area (Å²) in [6.07, 6.45) is 6.35. The fourth-order valence-corrected chi connectivity index (χ4v) is 1.72. The van der Waals surface area contributed by atoms with E-state index in [0.717, 1.165) is 19.5 Å². The van der Waals surface area contributed by atoms with Crippen LogP contribution in [0.3, 0.4) is 0 Å². The first kappa shape index (κ1) is 11.9. The Morgan fingerprint density at radius 1 is 1.41 bits per heavy atom. The molecule has 0 saturated carbocycles. The molecule has 0 atom stereocenters. The summed E-state index contributed by atoms with van der Waals surface area (Å²) in [5, 5.41) is 3.65. The van der Waals surface area contributed by atoms with E-state index in [1.807, 2.05) is 10.8 Å². The van der Waals surface area contributed by atoms with E-state index in [2.05, 4.69) is 10.3 Å². The van der Waals surface area contributed by atoms with Crippen LogP contribution in [0.15, 0.2) is 36.9 Å². The third-order valence-corrected chi connectivity index (χ3v) is 2.73. The lowest BCUT2D eigenvalue weighted by Crippen LogP contribution is -2.06. The standard InChI is InChI=1S/C12H13ClFN3/c13-11-3-2-10(14)8-12(11)16-4-1-6-17-7-5-15-9-17/h2-3,5,7-9,16H,1,4,6H2. The fourth-order valence-electron chi connectivity index (χ4n) is 1.54. The van der Waals surface area contributed by atoms with Gasteiger partial charge in [0.15, 0.2) is 0 Å². The van der Waals surface area contributed by atoms with Crippen LogP contribution in [-0.2, 0) is 6.54 Å². The van der Waals surface area contributed by atoms with E-state index in [9.17, 15) is 4.39 Å². The lowest BCUT2D eigenvalue weighted by atomic mass is 10.3. The van der Waals surface area contributed by atoms with Crippen LogP contribution in [-0.4, -0.2) is 16.1 Å². The lowest BCUT2D eigenvalue weighted by Gasteiger charge is -2.08. The zero-order valence-electron chi connectivity index (χ0n) is 9.24. The first-order valence-electron chi connectivity index (χ1n) is 5.40. The number of aromatic nitrogens is 2. The van der Waals surface area contributed by atoms with Gasteiger partial charge >= 0.3 is 0 Å². The quantitative estimate of drug-likeness (QED) is 0.830. The lowest BCUT2D eigenvalue weighted by molar-refractivity contribution is 0.627. The van der Waals surface area contributed by atoms with Gasteiger partial charge in [-0.15, -0.1) is 0 Å². The molecule has 0 saturated heterocycles. The third kappa shape index (κ3) is 3.46. The Balaban J connectivity index is 1.80. The van der Waals surface area contributed by atoms with Crippen molar-refractivity contribution in [1.82, 2.24) is 9.55 Å². The minimum absolute atomic E-state index is 0.286. The molecule has 1 N–H and O–H groups in total. The Labute approximate surface area is 104 Å². The number of nitrogens with one attached hydrogen (secondary N) is 1. The Kier molecular flexibility index (Phi) is 3.98. The van der Waals surface area contributed by atoms with Crippen molar-refractivity contribution in [2.45, 2.75) is 13.0 Å². The van der Waals surface area contributed by atoms with Crippen molar-refractivity contribution < 1.29 is 4.39 Å². The monoisotopic (exact) mass is 253 g/mol. The van der Waals surface area contributed by atoms with Crippen molar-refractivity contribution in [1.29, 1.82) is 0 Å². The van der Waals surface area contributed by atoms with Crippen LogP contribution >= 0.6 is 11.6 Å². The molecule has 0 spiro atoms. The van der Waals surface area contributed by atoms with Crippen molar-refractivity contribution in [3.8, 4) is 0 Å². The van der Waals surface area contributed by atoms with Gasteiger partial charge in [0, 0.05) is 25.5 Å². The van der Waals surface area contributed by atoms with Gasteiger partial charge in [-0.2, -0.15) is 0 Å². The summed E-state index contributed by atoms with van der Waals surface area (Å²) in [4.78, 5) is 3.96. The van der Waals surface area contributed by atoms with Gasteiger partial charge in [-0.3, -0.25) is 0 Å². The molecule has 5 heteroatoms. The van der Waals surface area contributed by atoms with E-state index >= 15 is 0 Å². The number of hydrogen-bond acceptors (Lipinski definition) is 2. The SMILES string of the molecule is Fc1ccc(Cl)c(NCCCn2ccnc2)c1. The highest BCUT2D eigenvalue weighted by Crippen LogP contribution is 2.22. The molecule has 0 bridgehead atoms. The molecule has 0 aliphatic rings. The van der Waals surface area contributed by atoms with Gasteiger partial charge in [-0.05, 0) is 24.6 Å². The van der Waals surface area contributed by atoms with E-state index < -0.39 is 0 Å². The summed E-state index contributed by atoms with van der Waals surface area (Å²) in [5.74, 6) is -0.286. The van der Waals surface area contributed by atoms with Crippen LogP contribution in [0.5, 0.6) is 0 Å². The number of rotatable bonds is 5. The predicted octanol–water partition coefficient (Wildman–Crippen LogP) is 3.18. The van der Waals surface area contributed by atoms with Gasteiger partial charge < -0.3 is 9.88 Å².